The summed E-state index contributed by atoms with van der Waals surface area (Å²) in [5.41, 5.74) is -4.58. The second-order valence-electron chi connectivity index (χ2n) is 20.1. The predicted molar refractivity (Wildman–Crippen MR) is 250 cm³/mol. The van der Waals surface area contributed by atoms with Gasteiger partial charge in [0, 0.05) is 51.6 Å². The van der Waals surface area contributed by atoms with E-state index in [0.717, 1.165) is 0 Å². The molecule has 3 fully saturated rings. The van der Waals surface area contributed by atoms with E-state index in [2.05, 4.69) is 5.16 Å². The SMILES string of the molecule is CC[C@H]1OC(=O)[C@H](C)[C@@H](O[C@H]2C[C@@](C)(OC)[C@@H](OC(C)=O)[C@H](C)O2)[C@H](C)[C@@H](O[C@@H]2O[C@H](C)C[C@H](N(C)C)[C@H]2OC(C)=O)[C@](C)(O)C[C@@H](C)/C(=N\OCCCOc2ccccc2)[C@H](C)[C@@H](O)[C@]1(C)O. The average molecular weight is 967 g/mol. The van der Waals surface area contributed by atoms with Gasteiger partial charge in [-0.25, -0.2) is 0 Å². The van der Waals surface area contributed by atoms with Gasteiger partial charge in [-0.2, -0.15) is 0 Å². The number of hydrogen-bond donors (Lipinski definition) is 3. The molecule has 3 aliphatic heterocycles. The fourth-order valence-electron chi connectivity index (χ4n) is 10.2. The number of para-hydroxylation sites is 1. The molecule has 3 N–H and O–H groups in total. The van der Waals surface area contributed by atoms with Crippen LogP contribution >= 0.6 is 0 Å². The molecule has 3 saturated heterocycles. The minimum atomic E-state index is -1.99. The van der Waals surface area contributed by atoms with Crippen molar-refractivity contribution in [2.24, 2.45) is 28.8 Å². The van der Waals surface area contributed by atoms with E-state index in [-0.39, 0.29) is 38.0 Å². The first kappa shape index (κ1) is 57.1. The Bertz CT molecular complexity index is 1800. The monoisotopic (exact) mass is 967 g/mol. The second kappa shape index (κ2) is 24.6. The fraction of sp³-hybridized carbons (Fsp3) is 0.800. The van der Waals surface area contributed by atoms with E-state index in [0.29, 0.717) is 30.9 Å². The van der Waals surface area contributed by atoms with Crippen LogP contribution in [0.25, 0.3) is 0 Å². The Morgan fingerprint density at radius 3 is 2.10 bits per heavy atom. The lowest BCUT2D eigenvalue weighted by Gasteiger charge is -2.49. The molecule has 0 aromatic heterocycles. The molecule has 18 nitrogen and oxygen atoms in total. The van der Waals surface area contributed by atoms with Crippen LogP contribution in [0.3, 0.4) is 0 Å². The van der Waals surface area contributed by atoms with Gasteiger partial charge in [-0.15, -0.1) is 0 Å². The number of oxime groups is 1. The van der Waals surface area contributed by atoms with E-state index in [1.807, 2.05) is 63.2 Å². The molecule has 3 aliphatic rings. The van der Waals surface area contributed by atoms with Gasteiger partial charge >= 0.3 is 17.9 Å². The molecule has 3 heterocycles. The molecular weight excluding hydrogens is 885 g/mol. The van der Waals surface area contributed by atoms with Gasteiger partial charge in [-0.3, -0.25) is 14.4 Å². The van der Waals surface area contributed by atoms with Crippen LogP contribution in [0.1, 0.15) is 115 Å². The Morgan fingerprint density at radius 1 is 0.868 bits per heavy atom. The molecule has 18 heteroatoms. The number of ether oxygens (including phenoxy) is 9. The Balaban J connectivity index is 1.85. The van der Waals surface area contributed by atoms with Crippen LogP contribution in [0.5, 0.6) is 5.75 Å². The first-order chi connectivity index (χ1) is 31.8. The molecule has 0 saturated carbocycles. The van der Waals surface area contributed by atoms with E-state index in [1.54, 1.807) is 48.5 Å². The van der Waals surface area contributed by atoms with Gasteiger partial charge in [-0.05, 0) is 87.0 Å². The highest BCUT2D eigenvalue weighted by Gasteiger charge is 2.54. The van der Waals surface area contributed by atoms with E-state index >= 15 is 0 Å². The molecular formula is C50H82N2O16. The fourth-order valence-corrected chi connectivity index (χ4v) is 10.2. The van der Waals surface area contributed by atoms with Gasteiger partial charge in [0.25, 0.3) is 0 Å². The van der Waals surface area contributed by atoms with E-state index in [4.69, 9.17) is 47.5 Å². The van der Waals surface area contributed by atoms with Crippen molar-refractivity contribution in [1.82, 2.24) is 4.90 Å². The predicted octanol–water partition coefficient (Wildman–Crippen LogP) is 5.20. The van der Waals surface area contributed by atoms with E-state index in [1.165, 1.54) is 27.9 Å². The van der Waals surface area contributed by atoms with Crippen LogP contribution < -0.4 is 4.74 Å². The molecule has 0 amide bonds. The topological polar surface area (TPSA) is 220 Å². The molecule has 1 aromatic carbocycles. The number of likely N-dealkylation sites (N-methyl/N-ethyl adjacent to an activating group) is 1. The number of benzene rings is 1. The third-order valence-electron chi connectivity index (χ3n) is 13.9. The molecule has 4 rings (SSSR count). The number of nitrogens with zero attached hydrogens (tertiary/aromatic N) is 2. The number of rotatable bonds is 15. The lowest BCUT2D eigenvalue weighted by molar-refractivity contribution is -0.319. The molecule has 18 atom stereocenters. The molecule has 0 bridgehead atoms. The van der Waals surface area contributed by atoms with Gasteiger partial charge in [-0.1, -0.05) is 51.0 Å². The van der Waals surface area contributed by atoms with E-state index in [9.17, 15) is 29.7 Å². The largest absolute Gasteiger partial charge is 0.493 e. The summed E-state index contributed by atoms with van der Waals surface area (Å²) in [5, 5.41) is 41.9. The van der Waals surface area contributed by atoms with Gasteiger partial charge in [0.2, 0.25) is 0 Å². The third-order valence-corrected chi connectivity index (χ3v) is 13.9. The summed E-state index contributed by atoms with van der Waals surface area (Å²) >= 11 is 0. The zero-order chi connectivity index (χ0) is 50.9. The Labute approximate surface area is 403 Å². The van der Waals surface area contributed by atoms with Gasteiger partial charge < -0.3 is 67.7 Å². The average Bonchev–Trinajstić information content (AvgIpc) is 3.26. The van der Waals surface area contributed by atoms with Crippen molar-refractivity contribution in [3.63, 3.8) is 0 Å². The summed E-state index contributed by atoms with van der Waals surface area (Å²) < 4.78 is 56.2. The van der Waals surface area contributed by atoms with Crippen molar-refractivity contribution >= 4 is 23.6 Å². The minimum Gasteiger partial charge on any atom is -0.493 e. The molecule has 0 radical (unpaired) electrons. The highest BCUT2D eigenvalue weighted by Crippen LogP contribution is 2.42. The summed E-state index contributed by atoms with van der Waals surface area (Å²) in [5.74, 6) is -4.66. The zero-order valence-corrected chi connectivity index (χ0v) is 43.0. The maximum atomic E-state index is 14.6. The molecule has 0 spiro atoms. The van der Waals surface area contributed by atoms with Gasteiger partial charge in [0.15, 0.2) is 24.8 Å². The maximum absolute atomic E-state index is 14.6. The number of hydrogen-bond acceptors (Lipinski definition) is 18. The maximum Gasteiger partial charge on any atom is 0.311 e. The second-order valence-corrected chi connectivity index (χ2v) is 20.1. The molecule has 68 heavy (non-hydrogen) atoms. The smallest absolute Gasteiger partial charge is 0.311 e. The lowest BCUT2D eigenvalue weighted by atomic mass is 9.73. The van der Waals surface area contributed by atoms with E-state index < -0.39 is 114 Å². The van der Waals surface area contributed by atoms with Crippen LogP contribution in [-0.4, -0.2) is 163 Å². The molecule has 388 valence electrons. The number of esters is 3. The van der Waals surface area contributed by atoms with Gasteiger partial charge in [0.05, 0.1) is 60.4 Å². The normalized spacial score (nSPS) is 40.5. The van der Waals surface area contributed by atoms with Gasteiger partial charge in [0.1, 0.15) is 29.7 Å². The van der Waals surface area contributed by atoms with Crippen LogP contribution in [-0.2, 0) is 57.1 Å². The Hall–Kier alpha value is -3.46. The summed E-state index contributed by atoms with van der Waals surface area (Å²) in [6.45, 7) is 20.2. The summed E-state index contributed by atoms with van der Waals surface area (Å²) in [4.78, 5) is 47.3. The van der Waals surface area contributed by atoms with Crippen molar-refractivity contribution in [1.29, 1.82) is 0 Å². The summed E-state index contributed by atoms with van der Waals surface area (Å²) in [6, 6.07) is 9.03. The van der Waals surface area contributed by atoms with Crippen LogP contribution in [0.15, 0.2) is 35.5 Å². The molecule has 0 aliphatic carbocycles. The third kappa shape index (κ3) is 14.3. The van der Waals surface area contributed by atoms with Crippen molar-refractivity contribution in [3.05, 3.63) is 30.3 Å². The highest BCUT2D eigenvalue weighted by molar-refractivity contribution is 5.88. The number of carbonyl (C=O) groups excluding carboxylic acids is 3. The molecule has 1 aromatic rings. The van der Waals surface area contributed by atoms with Crippen molar-refractivity contribution in [2.75, 3.05) is 34.4 Å². The first-order valence-electron chi connectivity index (χ1n) is 24.2. The number of cyclic esters (lactones) is 1. The minimum absolute atomic E-state index is 0.0519. The summed E-state index contributed by atoms with van der Waals surface area (Å²) in [7, 11) is 5.24. The number of methoxy groups -OCH3 is 1. The highest BCUT2D eigenvalue weighted by atomic mass is 16.7. The Kier molecular flexibility index (Phi) is 20.7. The number of aliphatic hydroxyl groups is 3. The van der Waals surface area contributed by atoms with Crippen LogP contribution in [0.4, 0.5) is 0 Å². The van der Waals surface area contributed by atoms with Crippen LogP contribution in [0.2, 0.25) is 0 Å². The number of aliphatic hydroxyl groups excluding tert-OH is 1. The first-order valence-corrected chi connectivity index (χ1v) is 24.2. The number of carbonyl (C=O) groups is 3. The van der Waals surface area contributed by atoms with Crippen molar-refractivity contribution in [2.45, 2.75) is 199 Å². The summed E-state index contributed by atoms with van der Waals surface area (Å²) in [6.07, 6.45) is -9.07. The standard InChI is InChI=1S/C50H82N2O16/c1-16-38-50(12,58)43(55)30(4)40(51-61-24-20-23-60-36-21-18-17-19-22-36)28(2)26-48(10,57)44(68-47-42(64-34(8)53)37(52(13)14)25-29(3)62-47)31(5)41(32(6)46(56)66-38)67-39-27-49(11,59-15)45(33(7)63-39)65-35(9)54/h17-19,21-22,28-33,37-39,41-45,47,55,57-58H,16,20,23-27H2,1-15H3/b51-40+/t28-,29-,30+,31+,32-,33+,37+,38-,39+,41+,42-,43-,44-,45+,47+,48-,49-,50-/m1/s1. The van der Waals surface area contributed by atoms with Crippen molar-refractivity contribution in [3.8, 4) is 5.75 Å². The quantitative estimate of drug-likeness (QED) is 0.0890. The lowest BCUT2D eigenvalue weighted by Crippen LogP contribution is -2.62. The molecule has 0 unspecified atom stereocenters. The zero-order valence-electron chi connectivity index (χ0n) is 43.0. The Morgan fingerprint density at radius 2 is 1.51 bits per heavy atom. The van der Waals surface area contributed by atoms with Crippen LogP contribution in [0, 0.1) is 23.7 Å². The van der Waals surface area contributed by atoms with Crippen molar-refractivity contribution < 1.29 is 77.2 Å².